The minimum absolute atomic E-state index is 0.107. The topological polar surface area (TPSA) is 90.3 Å². The van der Waals surface area contributed by atoms with Crippen LogP contribution in [0.15, 0.2) is 51.9 Å². The van der Waals surface area contributed by atoms with Crippen LogP contribution in [0.5, 0.6) is 17.2 Å². The molecule has 0 spiro atoms. The fraction of sp³-hybridized carbons (Fsp3) is 0.238. The lowest BCUT2D eigenvalue weighted by atomic mass is 9.88. The number of aryl methyl sites for hydroxylation is 2. The molecule has 2 aromatic carbocycles. The molecule has 28 heavy (non-hydrogen) atoms. The Morgan fingerprint density at radius 1 is 1.11 bits per heavy atom. The van der Waals surface area contributed by atoms with Crippen molar-refractivity contribution in [2.24, 2.45) is 10.1 Å². The molecule has 4 rings (SSSR count). The average molecular weight is 395 g/mol. The predicted octanol–water partition coefficient (Wildman–Crippen LogP) is 3.84. The highest BCUT2D eigenvalue weighted by Crippen LogP contribution is 2.36. The molecule has 1 aromatic heterocycles. The molecular weight excluding hydrogens is 374 g/mol. The molecule has 6 nitrogen and oxygen atoms in total. The summed E-state index contributed by atoms with van der Waals surface area (Å²) >= 11 is 1.52. The number of hydrogen-bond donors (Lipinski definition) is 3. The number of fused-ring (bicyclic) bond motifs is 1. The number of rotatable bonds is 3. The normalized spacial score (nSPS) is 17.2. The van der Waals surface area contributed by atoms with Gasteiger partial charge in [0.2, 0.25) is 10.6 Å². The first-order valence-corrected chi connectivity index (χ1v) is 9.99. The van der Waals surface area contributed by atoms with E-state index in [1.807, 2.05) is 12.3 Å². The Balaban J connectivity index is 1.71. The van der Waals surface area contributed by atoms with Crippen LogP contribution in [0.25, 0.3) is 0 Å². The molecule has 3 N–H and O–H groups in total. The predicted molar refractivity (Wildman–Crippen MR) is 109 cm³/mol. The van der Waals surface area contributed by atoms with E-state index in [0.717, 1.165) is 29.8 Å². The molecule has 1 unspecified atom stereocenters. The highest BCUT2D eigenvalue weighted by molar-refractivity contribution is 7.07. The third kappa shape index (κ3) is 3.41. The molecule has 0 saturated heterocycles. The summed E-state index contributed by atoms with van der Waals surface area (Å²) in [6, 6.07) is 11.3. The Morgan fingerprint density at radius 3 is 2.79 bits per heavy atom. The van der Waals surface area contributed by atoms with E-state index in [-0.39, 0.29) is 11.8 Å². The number of aromatic hydroxyl groups is 3. The standard InChI is InChI=1S/C21H21N3O3S/c1-13-12-28-21(23-17-8-4-6-14-5-2-3-7-16(14)17)24(13)22-11-15-9-10-18(25)20(27)19(15)26/h2-3,5,7,9-12,17,25-27H,4,6,8H2,1H3/b22-11+,23-21-. The van der Waals surface area contributed by atoms with Gasteiger partial charge in [-0.2, -0.15) is 5.10 Å². The van der Waals surface area contributed by atoms with Gasteiger partial charge in [-0.25, -0.2) is 9.67 Å². The maximum absolute atomic E-state index is 9.98. The van der Waals surface area contributed by atoms with Crippen molar-refractivity contribution in [1.82, 2.24) is 4.68 Å². The van der Waals surface area contributed by atoms with E-state index in [1.165, 1.54) is 40.8 Å². The summed E-state index contributed by atoms with van der Waals surface area (Å²) in [7, 11) is 0. The van der Waals surface area contributed by atoms with Crippen molar-refractivity contribution < 1.29 is 15.3 Å². The third-order valence-corrected chi connectivity index (χ3v) is 5.88. The number of thiazole rings is 1. The summed E-state index contributed by atoms with van der Waals surface area (Å²) in [6.45, 7) is 1.94. The lowest BCUT2D eigenvalue weighted by Gasteiger charge is -2.21. The fourth-order valence-corrected chi connectivity index (χ4v) is 4.27. The van der Waals surface area contributed by atoms with Crippen molar-refractivity contribution in [2.75, 3.05) is 0 Å². The summed E-state index contributed by atoms with van der Waals surface area (Å²) in [5, 5.41) is 35.5. The number of aromatic nitrogens is 1. The van der Waals surface area contributed by atoms with Crippen LogP contribution in [0.1, 0.15) is 41.3 Å². The molecule has 0 fully saturated rings. The molecule has 0 amide bonds. The van der Waals surface area contributed by atoms with Crippen molar-refractivity contribution in [3.05, 3.63) is 69.0 Å². The van der Waals surface area contributed by atoms with E-state index >= 15 is 0 Å². The maximum atomic E-state index is 9.98. The summed E-state index contributed by atoms with van der Waals surface area (Å²) < 4.78 is 1.73. The number of nitrogens with zero attached hydrogens (tertiary/aromatic N) is 3. The van der Waals surface area contributed by atoms with Gasteiger partial charge in [0.05, 0.1) is 18.0 Å². The van der Waals surface area contributed by atoms with Crippen molar-refractivity contribution in [3.63, 3.8) is 0 Å². The van der Waals surface area contributed by atoms with E-state index in [4.69, 9.17) is 4.99 Å². The van der Waals surface area contributed by atoms with Crippen LogP contribution in [0.3, 0.4) is 0 Å². The van der Waals surface area contributed by atoms with E-state index in [2.05, 4.69) is 29.4 Å². The van der Waals surface area contributed by atoms with Crippen molar-refractivity contribution in [3.8, 4) is 17.2 Å². The number of benzene rings is 2. The Labute approximate surface area is 166 Å². The van der Waals surface area contributed by atoms with Crippen LogP contribution < -0.4 is 4.80 Å². The second-order valence-corrected chi connectivity index (χ2v) is 7.66. The van der Waals surface area contributed by atoms with E-state index in [0.29, 0.717) is 5.56 Å². The van der Waals surface area contributed by atoms with E-state index in [9.17, 15) is 15.3 Å². The zero-order valence-corrected chi connectivity index (χ0v) is 16.2. The molecule has 1 aliphatic rings. The first-order valence-electron chi connectivity index (χ1n) is 9.11. The maximum Gasteiger partial charge on any atom is 0.206 e. The largest absolute Gasteiger partial charge is 0.504 e. The van der Waals surface area contributed by atoms with E-state index < -0.39 is 11.5 Å². The van der Waals surface area contributed by atoms with Crippen LogP contribution in [-0.2, 0) is 6.42 Å². The minimum Gasteiger partial charge on any atom is -0.504 e. The zero-order chi connectivity index (χ0) is 19.7. The van der Waals surface area contributed by atoms with Gasteiger partial charge in [0.1, 0.15) is 0 Å². The summed E-state index contributed by atoms with van der Waals surface area (Å²) in [4.78, 5) is 5.74. The molecule has 0 saturated carbocycles. The molecule has 0 aliphatic heterocycles. The van der Waals surface area contributed by atoms with Crippen LogP contribution in [0, 0.1) is 6.92 Å². The number of phenols is 3. The first kappa shape index (κ1) is 18.3. The summed E-state index contributed by atoms with van der Waals surface area (Å²) in [5.41, 5.74) is 3.86. The monoisotopic (exact) mass is 395 g/mol. The van der Waals surface area contributed by atoms with E-state index in [1.54, 1.807) is 4.68 Å². The number of hydrogen-bond acceptors (Lipinski definition) is 6. The minimum atomic E-state index is -0.556. The van der Waals surface area contributed by atoms with Gasteiger partial charge >= 0.3 is 0 Å². The Bertz CT molecular complexity index is 1110. The Hall–Kier alpha value is -3.06. The molecule has 1 atom stereocenters. The van der Waals surface area contributed by atoms with Crippen LogP contribution in [0.2, 0.25) is 0 Å². The van der Waals surface area contributed by atoms with Crippen molar-refractivity contribution >= 4 is 17.6 Å². The molecule has 1 heterocycles. The second-order valence-electron chi connectivity index (χ2n) is 6.82. The molecule has 0 radical (unpaired) electrons. The van der Waals surface area contributed by atoms with Gasteiger partial charge in [0.25, 0.3) is 0 Å². The highest BCUT2D eigenvalue weighted by atomic mass is 32.1. The smallest absolute Gasteiger partial charge is 0.206 e. The van der Waals surface area contributed by atoms with Gasteiger partial charge in [0.15, 0.2) is 11.5 Å². The molecule has 144 valence electrons. The second kappa shape index (κ2) is 7.52. The molecule has 7 heteroatoms. The Morgan fingerprint density at radius 2 is 1.93 bits per heavy atom. The zero-order valence-electron chi connectivity index (χ0n) is 15.4. The summed E-state index contributed by atoms with van der Waals surface area (Å²) in [6.07, 6.45) is 4.65. The highest BCUT2D eigenvalue weighted by Gasteiger charge is 2.19. The molecule has 1 aliphatic carbocycles. The van der Waals surface area contributed by atoms with Gasteiger partial charge in [-0.1, -0.05) is 24.3 Å². The quantitative estimate of drug-likeness (QED) is 0.465. The lowest BCUT2D eigenvalue weighted by molar-refractivity contribution is 0.367. The van der Waals surface area contributed by atoms with Crippen LogP contribution in [0.4, 0.5) is 0 Å². The average Bonchev–Trinajstić information content (AvgIpc) is 3.05. The van der Waals surface area contributed by atoms with Gasteiger partial charge < -0.3 is 15.3 Å². The van der Waals surface area contributed by atoms with Gasteiger partial charge in [0, 0.05) is 10.9 Å². The van der Waals surface area contributed by atoms with Crippen LogP contribution in [-0.4, -0.2) is 26.2 Å². The van der Waals surface area contributed by atoms with Gasteiger partial charge in [-0.3, -0.25) is 0 Å². The molecule has 0 bridgehead atoms. The van der Waals surface area contributed by atoms with Crippen molar-refractivity contribution in [1.29, 1.82) is 0 Å². The Kier molecular flexibility index (Phi) is 4.92. The SMILES string of the molecule is Cc1cs/c(=N\C2CCCc3ccccc32)n1/N=C/c1ccc(O)c(O)c1O. The first-order chi connectivity index (χ1) is 13.5. The van der Waals surface area contributed by atoms with Crippen LogP contribution >= 0.6 is 11.3 Å². The summed E-state index contributed by atoms with van der Waals surface area (Å²) in [5.74, 6) is -1.34. The van der Waals surface area contributed by atoms with Gasteiger partial charge in [-0.05, 0) is 49.4 Å². The molecular formula is C21H21N3O3S. The molecule has 3 aromatic rings. The van der Waals surface area contributed by atoms with Gasteiger partial charge in [-0.15, -0.1) is 11.3 Å². The van der Waals surface area contributed by atoms with Crippen molar-refractivity contribution in [2.45, 2.75) is 32.2 Å². The number of phenolic OH excluding ortho intramolecular Hbond substituents is 3. The lowest BCUT2D eigenvalue weighted by Crippen LogP contribution is -2.16. The fourth-order valence-electron chi connectivity index (χ4n) is 3.42. The third-order valence-electron chi connectivity index (χ3n) is 4.93.